The maximum absolute atomic E-state index is 13.0. The highest BCUT2D eigenvalue weighted by Crippen LogP contribution is 2.34. The van der Waals surface area contributed by atoms with Crippen LogP contribution in [-0.2, 0) is 17.7 Å². The largest absolute Gasteiger partial charge is 0.496 e. The van der Waals surface area contributed by atoms with E-state index in [2.05, 4.69) is 23.3 Å². The Balaban J connectivity index is 1.74. The van der Waals surface area contributed by atoms with Gasteiger partial charge in [0.05, 0.1) is 32.0 Å². The molecule has 1 aromatic heterocycles. The molecular formula is C26H32N2O4S. The number of ether oxygens (including phenoxy) is 3. The summed E-state index contributed by atoms with van der Waals surface area (Å²) < 4.78 is 16.8. The van der Waals surface area contributed by atoms with Crippen LogP contribution < -0.4 is 14.8 Å². The first kappa shape index (κ1) is 24.7. The number of rotatable bonds is 10. The number of nitrogens with one attached hydrogen (secondary N) is 1. The Labute approximate surface area is 199 Å². The van der Waals surface area contributed by atoms with Gasteiger partial charge in [-0.05, 0) is 57.9 Å². The molecule has 176 valence electrons. The van der Waals surface area contributed by atoms with Crippen LogP contribution in [0.15, 0.2) is 42.5 Å². The zero-order valence-electron chi connectivity index (χ0n) is 20.1. The van der Waals surface area contributed by atoms with E-state index in [1.54, 1.807) is 14.2 Å². The molecular weight excluding hydrogens is 436 g/mol. The van der Waals surface area contributed by atoms with E-state index in [1.165, 1.54) is 11.3 Å². The zero-order chi connectivity index (χ0) is 24.0. The number of thiazole rings is 1. The highest BCUT2D eigenvalue weighted by molar-refractivity contribution is 7.15. The summed E-state index contributed by atoms with van der Waals surface area (Å²) in [4.78, 5) is 18.4. The highest BCUT2D eigenvalue weighted by atomic mass is 32.1. The van der Waals surface area contributed by atoms with E-state index in [9.17, 15) is 4.79 Å². The van der Waals surface area contributed by atoms with Gasteiger partial charge in [0.15, 0.2) is 0 Å². The van der Waals surface area contributed by atoms with Gasteiger partial charge in [0, 0.05) is 17.0 Å². The lowest BCUT2D eigenvalue weighted by Gasteiger charge is -2.17. The minimum atomic E-state index is -0.214. The quantitative estimate of drug-likeness (QED) is 0.430. The van der Waals surface area contributed by atoms with E-state index in [1.807, 2.05) is 57.2 Å². The Morgan fingerprint density at radius 2 is 1.79 bits per heavy atom. The van der Waals surface area contributed by atoms with Crippen LogP contribution in [0.5, 0.6) is 11.5 Å². The second-order valence-corrected chi connectivity index (χ2v) is 9.36. The lowest BCUT2D eigenvalue weighted by molar-refractivity contribution is 0.0194. The highest BCUT2D eigenvalue weighted by Gasteiger charge is 2.19. The molecule has 0 aliphatic heterocycles. The lowest BCUT2D eigenvalue weighted by Crippen LogP contribution is -2.24. The zero-order valence-corrected chi connectivity index (χ0v) is 20.9. The molecule has 0 saturated heterocycles. The van der Waals surface area contributed by atoms with Gasteiger partial charge >= 0.3 is 0 Å². The van der Waals surface area contributed by atoms with Crippen LogP contribution in [0.3, 0.4) is 0 Å². The first-order valence-electron chi connectivity index (χ1n) is 11.0. The number of amides is 1. The smallest absolute Gasteiger partial charge is 0.271 e. The minimum Gasteiger partial charge on any atom is -0.496 e. The summed E-state index contributed by atoms with van der Waals surface area (Å²) in [7, 11) is 3.26. The standard InChI is InChI=1S/C26H32N2O4S/c1-16(2)32-17(3)13-19-11-12-22(30-5)20(14-19)15-27-25(29)24-18(4)33-26(28-24)21-9-7-8-10-23(21)31-6/h7-12,14,16-17H,13,15H2,1-6H3,(H,27,29). The fourth-order valence-electron chi connectivity index (χ4n) is 3.74. The first-order chi connectivity index (χ1) is 15.8. The van der Waals surface area contributed by atoms with Crippen molar-refractivity contribution in [3.05, 3.63) is 64.2 Å². The summed E-state index contributed by atoms with van der Waals surface area (Å²) in [6.07, 6.45) is 1.07. The van der Waals surface area contributed by atoms with Crippen molar-refractivity contribution >= 4 is 17.2 Å². The Morgan fingerprint density at radius 1 is 1.06 bits per heavy atom. The van der Waals surface area contributed by atoms with Gasteiger partial charge in [-0.3, -0.25) is 4.79 Å². The number of aromatic nitrogens is 1. The van der Waals surface area contributed by atoms with Gasteiger partial charge in [0.1, 0.15) is 22.2 Å². The second-order valence-electron chi connectivity index (χ2n) is 8.15. The number of carbonyl (C=O) groups is 1. The summed E-state index contributed by atoms with van der Waals surface area (Å²) in [5.41, 5.74) is 3.35. The third-order valence-corrected chi connectivity index (χ3v) is 6.16. The SMILES string of the molecule is COc1ccc(CC(C)OC(C)C)cc1CNC(=O)c1nc(-c2ccccc2OC)sc1C. The number of aryl methyl sites for hydroxylation is 1. The predicted molar refractivity (Wildman–Crippen MR) is 132 cm³/mol. The topological polar surface area (TPSA) is 69.7 Å². The molecule has 1 heterocycles. The van der Waals surface area contributed by atoms with Crippen LogP contribution in [-0.4, -0.2) is 37.3 Å². The molecule has 0 aliphatic rings. The van der Waals surface area contributed by atoms with Crippen molar-refractivity contribution in [1.82, 2.24) is 10.3 Å². The number of hydrogen-bond acceptors (Lipinski definition) is 6. The van der Waals surface area contributed by atoms with Crippen molar-refractivity contribution in [2.45, 2.75) is 52.9 Å². The lowest BCUT2D eigenvalue weighted by atomic mass is 10.0. The molecule has 2 aromatic carbocycles. The molecule has 7 heteroatoms. The number of methoxy groups -OCH3 is 2. The average molecular weight is 469 g/mol. The molecule has 1 atom stereocenters. The van der Waals surface area contributed by atoms with Crippen molar-refractivity contribution in [2.24, 2.45) is 0 Å². The van der Waals surface area contributed by atoms with Crippen LogP contribution in [0, 0.1) is 6.92 Å². The van der Waals surface area contributed by atoms with Gasteiger partial charge in [-0.25, -0.2) is 4.98 Å². The van der Waals surface area contributed by atoms with Crippen LogP contribution in [0.25, 0.3) is 10.6 Å². The summed E-state index contributed by atoms with van der Waals surface area (Å²) in [5.74, 6) is 1.26. The van der Waals surface area contributed by atoms with Gasteiger partial charge in [-0.1, -0.05) is 24.3 Å². The Kier molecular flexibility index (Phi) is 8.47. The molecule has 0 bridgehead atoms. The van der Waals surface area contributed by atoms with E-state index >= 15 is 0 Å². The average Bonchev–Trinajstić information content (AvgIpc) is 3.18. The van der Waals surface area contributed by atoms with Gasteiger partial charge in [-0.2, -0.15) is 0 Å². The second kappa shape index (κ2) is 11.3. The number of carbonyl (C=O) groups excluding carboxylic acids is 1. The van der Waals surface area contributed by atoms with Gasteiger partial charge in [0.25, 0.3) is 5.91 Å². The molecule has 0 radical (unpaired) electrons. The maximum atomic E-state index is 13.0. The molecule has 1 unspecified atom stereocenters. The van der Waals surface area contributed by atoms with Crippen molar-refractivity contribution in [3.8, 4) is 22.1 Å². The third-order valence-electron chi connectivity index (χ3n) is 5.16. The minimum absolute atomic E-state index is 0.104. The molecule has 6 nitrogen and oxygen atoms in total. The number of benzene rings is 2. The monoisotopic (exact) mass is 468 g/mol. The van der Waals surface area contributed by atoms with Gasteiger partial charge in [0.2, 0.25) is 0 Å². The molecule has 0 spiro atoms. The predicted octanol–water partition coefficient (Wildman–Crippen LogP) is 5.42. The van der Waals surface area contributed by atoms with Crippen molar-refractivity contribution in [3.63, 3.8) is 0 Å². The molecule has 33 heavy (non-hydrogen) atoms. The Hall–Kier alpha value is -2.90. The summed E-state index contributed by atoms with van der Waals surface area (Å²) >= 11 is 1.48. The fourth-order valence-corrected chi connectivity index (χ4v) is 4.69. The van der Waals surface area contributed by atoms with E-state index < -0.39 is 0 Å². The van der Waals surface area contributed by atoms with Crippen molar-refractivity contribution in [1.29, 1.82) is 0 Å². The molecule has 3 rings (SSSR count). The van der Waals surface area contributed by atoms with Crippen LogP contribution >= 0.6 is 11.3 Å². The molecule has 0 aliphatic carbocycles. The number of hydrogen-bond donors (Lipinski definition) is 1. The van der Waals surface area contributed by atoms with Crippen molar-refractivity contribution < 1.29 is 19.0 Å². The van der Waals surface area contributed by atoms with E-state index in [-0.39, 0.29) is 18.1 Å². The van der Waals surface area contributed by atoms with Crippen LogP contribution in [0.1, 0.15) is 47.3 Å². The Morgan fingerprint density at radius 3 is 2.48 bits per heavy atom. The molecule has 1 amide bonds. The normalized spacial score (nSPS) is 12.0. The summed E-state index contributed by atoms with van der Waals surface area (Å²) in [6, 6.07) is 13.7. The number of para-hydroxylation sites is 1. The number of nitrogens with zero attached hydrogens (tertiary/aromatic N) is 1. The third kappa shape index (κ3) is 6.33. The van der Waals surface area contributed by atoms with Crippen LogP contribution in [0.2, 0.25) is 0 Å². The van der Waals surface area contributed by atoms with Gasteiger partial charge in [-0.15, -0.1) is 11.3 Å². The maximum Gasteiger partial charge on any atom is 0.271 e. The Bertz CT molecular complexity index is 1090. The molecule has 0 saturated carbocycles. The fraction of sp³-hybridized carbons (Fsp3) is 0.385. The van der Waals surface area contributed by atoms with Crippen molar-refractivity contribution in [2.75, 3.05) is 14.2 Å². The van der Waals surface area contributed by atoms with E-state index in [0.717, 1.165) is 44.5 Å². The van der Waals surface area contributed by atoms with Crippen LogP contribution in [0.4, 0.5) is 0 Å². The van der Waals surface area contributed by atoms with E-state index in [0.29, 0.717) is 12.2 Å². The molecule has 1 N–H and O–H groups in total. The first-order valence-corrected chi connectivity index (χ1v) is 11.8. The molecule has 0 fully saturated rings. The van der Waals surface area contributed by atoms with E-state index in [4.69, 9.17) is 14.2 Å². The summed E-state index contributed by atoms with van der Waals surface area (Å²) in [6.45, 7) is 8.38. The molecule has 3 aromatic rings. The summed E-state index contributed by atoms with van der Waals surface area (Å²) in [5, 5.41) is 3.76. The van der Waals surface area contributed by atoms with Gasteiger partial charge < -0.3 is 19.5 Å².